The number of rotatable bonds is 3. The number of aromatic amines is 1. The monoisotopic (exact) mass is 251 g/mol. The van der Waals surface area contributed by atoms with Crippen molar-refractivity contribution in [3.8, 4) is 5.75 Å². The number of nitrogens with one attached hydrogen (secondary N) is 1. The van der Waals surface area contributed by atoms with Crippen molar-refractivity contribution < 1.29 is 14.6 Å². The number of hydrogen-bond acceptors (Lipinski definition) is 2. The summed E-state index contributed by atoms with van der Waals surface area (Å²) in [7, 11) is 0. The van der Waals surface area contributed by atoms with Crippen molar-refractivity contribution in [2.24, 2.45) is 0 Å². The molecule has 2 rings (SSSR count). The second-order valence-electron chi connectivity index (χ2n) is 6.03. The molecule has 18 heavy (non-hydrogen) atoms. The molecule has 1 aliphatic rings. The SMILES string of the molecule is CC(C)(C)Oc1cc[nH]c1C1(C(=O)O)CCCC1. The molecule has 1 fully saturated rings. The van der Waals surface area contributed by atoms with Gasteiger partial charge in [0.1, 0.15) is 16.8 Å². The summed E-state index contributed by atoms with van der Waals surface area (Å²) in [5.74, 6) is -0.0759. The summed E-state index contributed by atoms with van der Waals surface area (Å²) in [6.45, 7) is 5.89. The van der Waals surface area contributed by atoms with Crippen LogP contribution in [0, 0.1) is 0 Å². The number of carbonyl (C=O) groups is 1. The van der Waals surface area contributed by atoms with Gasteiger partial charge in [-0.2, -0.15) is 0 Å². The molecular weight excluding hydrogens is 230 g/mol. The van der Waals surface area contributed by atoms with E-state index in [1.807, 2.05) is 26.8 Å². The first-order valence-electron chi connectivity index (χ1n) is 6.45. The fourth-order valence-corrected chi connectivity index (χ4v) is 2.69. The zero-order chi connectivity index (χ0) is 13.4. The van der Waals surface area contributed by atoms with E-state index in [-0.39, 0.29) is 5.60 Å². The van der Waals surface area contributed by atoms with Gasteiger partial charge in [-0.1, -0.05) is 12.8 Å². The molecule has 1 aromatic heterocycles. The lowest BCUT2D eigenvalue weighted by Crippen LogP contribution is -2.34. The topological polar surface area (TPSA) is 62.3 Å². The first-order valence-corrected chi connectivity index (χ1v) is 6.45. The van der Waals surface area contributed by atoms with E-state index < -0.39 is 11.4 Å². The van der Waals surface area contributed by atoms with E-state index in [1.54, 1.807) is 6.20 Å². The zero-order valence-corrected chi connectivity index (χ0v) is 11.2. The molecule has 0 aromatic carbocycles. The molecule has 2 N–H and O–H groups in total. The fraction of sp³-hybridized carbons (Fsp3) is 0.643. The van der Waals surface area contributed by atoms with Crippen molar-refractivity contribution in [3.63, 3.8) is 0 Å². The summed E-state index contributed by atoms with van der Waals surface area (Å²) in [6, 6.07) is 1.82. The summed E-state index contributed by atoms with van der Waals surface area (Å²) in [5.41, 5.74) is -0.387. The lowest BCUT2D eigenvalue weighted by molar-refractivity contribution is -0.143. The highest BCUT2D eigenvalue weighted by Gasteiger charge is 2.46. The predicted molar refractivity (Wildman–Crippen MR) is 69.0 cm³/mol. The molecule has 0 amide bonds. The Bertz CT molecular complexity index is 436. The van der Waals surface area contributed by atoms with Gasteiger partial charge < -0.3 is 14.8 Å². The molecule has 100 valence electrons. The molecule has 0 atom stereocenters. The summed E-state index contributed by atoms with van der Waals surface area (Å²) in [4.78, 5) is 14.8. The van der Waals surface area contributed by atoms with Crippen molar-refractivity contribution >= 4 is 5.97 Å². The minimum Gasteiger partial charge on any atom is -0.486 e. The Morgan fingerprint density at radius 1 is 1.39 bits per heavy atom. The smallest absolute Gasteiger partial charge is 0.315 e. The minimum atomic E-state index is -0.788. The van der Waals surface area contributed by atoms with Crippen molar-refractivity contribution in [1.82, 2.24) is 4.98 Å². The molecule has 0 bridgehead atoms. The Labute approximate surface area is 107 Å². The van der Waals surface area contributed by atoms with Gasteiger partial charge in [-0.3, -0.25) is 4.79 Å². The molecule has 0 saturated heterocycles. The zero-order valence-electron chi connectivity index (χ0n) is 11.2. The molecule has 0 unspecified atom stereocenters. The highest BCUT2D eigenvalue weighted by molar-refractivity contribution is 5.82. The van der Waals surface area contributed by atoms with E-state index in [0.29, 0.717) is 18.6 Å². The average Bonchev–Trinajstić information content (AvgIpc) is 2.82. The summed E-state index contributed by atoms with van der Waals surface area (Å²) in [5, 5.41) is 9.58. The largest absolute Gasteiger partial charge is 0.486 e. The molecule has 4 nitrogen and oxygen atoms in total. The molecule has 0 radical (unpaired) electrons. The first-order chi connectivity index (χ1) is 8.35. The van der Waals surface area contributed by atoms with Crippen molar-refractivity contribution in [2.75, 3.05) is 0 Å². The van der Waals surface area contributed by atoms with Crippen molar-refractivity contribution in [2.45, 2.75) is 57.5 Å². The number of hydrogen-bond donors (Lipinski definition) is 2. The minimum absolute atomic E-state index is 0.324. The van der Waals surface area contributed by atoms with Gasteiger partial charge in [0.15, 0.2) is 0 Å². The third-order valence-electron chi connectivity index (χ3n) is 3.47. The van der Waals surface area contributed by atoms with Crippen molar-refractivity contribution in [1.29, 1.82) is 0 Å². The number of aliphatic carboxylic acids is 1. The molecule has 1 aromatic rings. The summed E-state index contributed by atoms with van der Waals surface area (Å²) < 4.78 is 5.87. The number of aromatic nitrogens is 1. The van der Waals surface area contributed by atoms with Gasteiger partial charge in [0, 0.05) is 6.20 Å². The Morgan fingerprint density at radius 2 is 2.00 bits per heavy atom. The van der Waals surface area contributed by atoms with Crippen LogP contribution in [-0.4, -0.2) is 21.7 Å². The molecule has 0 aliphatic heterocycles. The van der Waals surface area contributed by atoms with Crippen LogP contribution >= 0.6 is 0 Å². The van der Waals surface area contributed by atoms with Crippen LogP contribution < -0.4 is 4.74 Å². The standard InChI is InChI=1S/C14H21NO3/c1-13(2,3)18-10-6-9-15-11(10)14(12(16)17)7-4-5-8-14/h6,9,15H,4-5,7-8H2,1-3H3,(H,16,17). The highest BCUT2D eigenvalue weighted by Crippen LogP contribution is 2.44. The van der Waals surface area contributed by atoms with Gasteiger partial charge in [0.05, 0.1) is 5.69 Å². The van der Waals surface area contributed by atoms with Crippen LogP contribution in [0.15, 0.2) is 12.3 Å². The number of ether oxygens (including phenoxy) is 1. The van der Waals surface area contributed by atoms with E-state index in [9.17, 15) is 9.90 Å². The highest BCUT2D eigenvalue weighted by atomic mass is 16.5. The van der Waals surface area contributed by atoms with Gasteiger partial charge in [0.2, 0.25) is 0 Å². The lowest BCUT2D eigenvalue weighted by atomic mass is 9.82. The van der Waals surface area contributed by atoms with E-state index >= 15 is 0 Å². The Kier molecular flexibility index (Phi) is 3.13. The quantitative estimate of drug-likeness (QED) is 0.867. The van der Waals surface area contributed by atoms with E-state index in [1.165, 1.54) is 0 Å². The molecular formula is C14H21NO3. The predicted octanol–water partition coefficient (Wildman–Crippen LogP) is 3.09. The van der Waals surface area contributed by atoms with E-state index in [0.717, 1.165) is 18.5 Å². The second-order valence-corrected chi connectivity index (χ2v) is 6.03. The number of carboxylic acid groups (broad SMARTS) is 1. The van der Waals surface area contributed by atoms with Crippen LogP contribution in [-0.2, 0) is 10.2 Å². The van der Waals surface area contributed by atoms with Gasteiger partial charge in [-0.25, -0.2) is 0 Å². The molecule has 4 heteroatoms. The van der Waals surface area contributed by atoms with Crippen molar-refractivity contribution in [3.05, 3.63) is 18.0 Å². The van der Waals surface area contributed by atoms with Crippen LogP contribution in [0.2, 0.25) is 0 Å². The summed E-state index contributed by atoms with van der Waals surface area (Å²) in [6.07, 6.45) is 5.05. The molecule has 1 aliphatic carbocycles. The fourth-order valence-electron chi connectivity index (χ4n) is 2.69. The third kappa shape index (κ3) is 2.24. The molecule has 1 saturated carbocycles. The maximum absolute atomic E-state index is 11.7. The van der Waals surface area contributed by atoms with Gasteiger partial charge in [-0.05, 0) is 39.7 Å². The lowest BCUT2D eigenvalue weighted by Gasteiger charge is -2.27. The van der Waals surface area contributed by atoms with E-state index in [4.69, 9.17) is 4.74 Å². The third-order valence-corrected chi connectivity index (χ3v) is 3.47. The molecule has 0 spiro atoms. The Morgan fingerprint density at radius 3 is 2.50 bits per heavy atom. The maximum atomic E-state index is 11.7. The summed E-state index contributed by atoms with van der Waals surface area (Å²) >= 11 is 0. The Balaban J connectivity index is 2.38. The number of H-pyrrole nitrogens is 1. The van der Waals surface area contributed by atoms with Crippen LogP contribution in [0.5, 0.6) is 5.75 Å². The molecule has 1 heterocycles. The normalized spacial score (nSPS) is 18.8. The van der Waals surface area contributed by atoms with Crippen LogP contribution in [0.25, 0.3) is 0 Å². The van der Waals surface area contributed by atoms with Crippen LogP contribution in [0.1, 0.15) is 52.1 Å². The van der Waals surface area contributed by atoms with Crippen LogP contribution in [0.3, 0.4) is 0 Å². The van der Waals surface area contributed by atoms with E-state index in [2.05, 4.69) is 4.98 Å². The van der Waals surface area contributed by atoms with Gasteiger partial charge in [0.25, 0.3) is 0 Å². The Hall–Kier alpha value is -1.45. The number of carboxylic acids is 1. The maximum Gasteiger partial charge on any atom is 0.315 e. The van der Waals surface area contributed by atoms with Gasteiger partial charge >= 0.3 is 5.97 Å². The average molecular weight is 251 g/mol. The van der Waals surface area contributed by atoms with Crippen LogP contribution in [0.4, 0.5) is 0 Å². The first kappa shape index (κ1) is 13.0. The van der Waals surface area contributed by atoms with Gasteiger partial charge in [-0.15, -0.1) is 0 Å². The second kappa shape index (κ2) is 4.34.